The number of methoxy groups -OCH3 is 1. The molecule has 0 fully saturated rings. The van der Waals surface area contributed by atoms with Gasteiger partial charge in [0.2, 0.25) is 0 Å². The highest BCUT2D eigenvalue weighted by Crippen LogP contribution is 2.30. The van der Waals surface area contributed by atoms with E-state index < -0.39 is 23.9 Å². The van der Waals surface area contributed by atoms with E-state index in [4.69, 9.17) is 33.2 Å². The molecule has 5 aromatic rings. The van der Waals surface area contributed by atoms with Crippen LogP contribution in [0.1, 0.15) is 235 Å². The molecule has 78 heavy (non-hydrogen) atoms. The van der Waals surface area contributed by atoms with E-state index in [1.54, 1.807) is 48.5 Å². The van der Waals surface area contributed by atoms with Crippen molar-refractivity contribution in [3.05, 3.63) is 138 Å². The van der Waals surface area contributed by atoms with Crippen LogP contribution in [0.15, 0.2) is 115 Å². The van der Waals surface area contributed by atoms with Crippen molar-refractivity contribution in [1.29, 1.82) is 0 Å². The smallest absolute Gasteiger partial charge is 0.343 e. The van der Waals surface area contributed by atoms with Crippen molar-refractivity contribution in [2.75, 3.05) is 20.3 Å². The predicted octanol–water partition coefficient (Wildman–Crippen LogP) is 18.3. The molecule has 0 spiro atoms. The summed E-state index contributed by atoms with van der Waals surface area (Å²) in [5, 5.41) is 0. The van der Waals surface area contributed by atoms with E-state index in [-0.39, 0.29) is 39.5 Å². The first-order valence-corrected chi connectivity index (χ1v) is 29.5. The molecule has 5 rings (SSSR count). The molecule has 0 heterocycles. The number of esters is 4. The second-order valence-electron chi connectivity index (χ2n) is 20.4. The number of hydrogen-bond donors (Lipinski definition) is 0. The number of hydrogen-bond acceptors (Lipinski definition) is 11. The van der Waals surface area contributed by atoms with Gasteiger partial charge in [0, 0.05) is 18.2 Å². The van der Waals surface area contributed by atoms with Crippen LogP contribution in [-0.4, -0.2) is 44.2 Å². The molecule has 0 unspecified atom stereocenters. The number of carbonyl (C=O) groups excluding carboxylic acids is 4. The largest absolute Gasteiger partial charge is 0.496 e. The first-order chi connectivity index (χ1) is 38.2. The Bertz CT molecular complexity index is 2280. The molecule has 0 amide bonds. The standard InChI is InChI=1S/C67H88O11/c1-4-6-8-10-12-14-16-18-20-22-24-26-28-30-48-73-57-40-44-59(45-41-57)75-64(68)53-32-36-55(37-33-53)66(70)77-62-50-61(72-3)51-63(52-62)78-67(71)56-38-34-54(35-39-56)65(69)76-60-46-42-58(43-47-60)74-49-31-29-27-25-23-21-19-17-15-13-11-9-7-5-2/h32-47,50-52H,4-31,48-49H2,1-3H3. The van der Waals surface area contributed by atoms with Crippen LogP contribution in [-0.2, 0) is 0 Å². The number of rotatable bonds is 41. The maximum Gasteiger partial charge on any atom is 0.343 e. The minimum absolute atomic E-state index is 0.0559. The van der Waals surface area contributed by atoms with Crippen molar-refractivity contribution < 1.29 is 52.3 Å². The zero-order valence-electron chi connectivity index (χ0n) is 47.2. The van der Waals surface area contributed by atoms with Crippen LogP contribution in [0.2, 0.25) is 0 Å². The molecule has 0 radical (unpaired) electrons. The normalized spacial score (nSPS) is 11.0. The molecule has 0 saturated carbocycles. The molecule has 0 bridgehead atoms. The average Bonchev–Trinajstić information content (AvgIpc) is 3.46. The first kappa shape index (κ1) is 62.2. The van der Waals surface area contributed by atoms with Gasteiger partial charge in [-0.3, -0.25) is 0 Å². The number of carbonyl (C=O) groups is 4. The molecule has 0 atom stereocenters. The van der Waals surface area contributed by atoms with Gasteiger partial charge >= 0.3 is 23.9 Å². The van der Waals surface area contributed by atoms with Gasteiger partial charge in [-0.05, 0) is 110 Å². The molecule has 5 aromatic carbocycles. The van der Waals surface area contributed by atoms with E-state index in [0.29, 0.717) is 36.2 Å². The van der Waals surface area contributed by atoms with Gasteiger partial charge in [0.05, 0.1) is 42.6 Å². The highest BCUT2D eigenvalue weighted by Gasteiger charge is 2.17. The van der Waals surface area contributed by atoms with Crippen LogP contribution in [0.4, 0.5) is 0 Å². The van der Waals surface area contributed by atoms with E-state index in [0.717, 1.165) is 25.7 Å². The van der Waals surface area contributed by atoms with Crippen LogP contribution in [0.3, 0.4) is 0 Å². The molecule has 422 valence electrons. The van der Waals surface area contributed by atoms with Gasteiger partial charge in [-0.2, -0.15) is 0 Å². The lowest BCUT2D eigenvalue weighted by Gasteiger charge is -2.11. The Labute approximate surface area is 466 Å². The van der Waals surface area contributed by atoms with E-state index in [1.165, 1.54) is 228 Å². The molecule has 11 heteroatoms. The Morgan fingerprint density at radius 2 is 0.487 bits per heavy atom. The summed E-state index contributed by atoms with van der Waals surface area (Å²) in [6.45, 7) is 5.81. The van der Waals surface area contributed by atoms with Crippen molar-refractivity contribution in [3.63, 3.8) is 0 Å². The van der Waals surface area contributed by atoms with E-state index >= 15 is 0 Å². The molecule has 0 aliphatic heterocycles. The summed E-state index contributed by atoms with van der Waals surface area (Å²) in [7, 11) is 1.43. The highest BCUT2D eigenvalue weighted by molar-refractivity contribution is 5.96. The van der Waals surface area contributed by atoms with Crippen molar-refractivity contribution in [2.24, 2.45) is 0 Å². The fraction of sp³-hybridized carbons (Fsp3) is 0.493. The van der Waals surface area contributed by atoms with Crippen molar-refractivity contribution in [3.8, 4) is 40.2 Å². The summed E-state index contributed by atoms with van der Waals surface area (Å²) in [5.74, 6) is -0.0524. The predicted molar refractivity (Wildman–Crippen MR) is 310 cm³/mol. The monoisotopic (exact) mass is 1070 g/mol. The maximum absolute atomic E-state index is 13.2. The van der Waals surface area contributed by atoms with Crippen LogP contribution in [0, 0.1) is 0 Å². The summed E-state index contributed by atoms with van der Waals surface area (Å²) in [4.78, 5) is 52.3. The summed E-state index contributed by atoms with van der Waals surface area (Å²) in [5.41, 5.74) is 0.823. The third-order valence-electron chi connectivity index (χ3n) is 13.8. The Balaban J connectivity index is 0.956. The molecule has 0 aromatic heterocycles. The fourth-order valence-electron chi connectivity index (χ4n) is 9.11. The molecule has 11 nitrogen and oxygen atoms in total. The van der Waals surface area contributed by atoms with Crippen LogP contribution in [0.5, 0.6) is 40.2 Å². The minimum Gasteiger partial charge on any atom is -0.496 e. The lowest BCUT2D eigenvalue weighted by atomic mass is 10.0. The lowest BCUT2D eigenvalue weighted by Crippen LogP contribution is -2.12. The van der Waals surface area contributed by atoms with Gasteiger partial charge in [0.1, 0.15) is 40.2 Å². The second-order valence-corrected chi connectivity index (χ2v) is 20.4. The minimum atomic E-state index is -0.715. The summed E-state index contributed by atoms with van der Waals surface area (Å²) >= 11 is 0. The van der Waals surface area contributed by atoms with Crippen molar-refractivity contribution in [1.82, 2.24) is 0 Å². The lowest BCUT2D eigenvalue weighted by molar-refractivity contribution is 0.0713. The van der Waals surface area contributed by atoms with E-state index in [1.807, 2.05) is 0 Å². The van der Waals surface area contributed by atoms with E-state index in [9.17, 15) is 19.2 Å². The van der Waals surface area contributed by atoms with Crippen molar-refractivity contribution in [2.45, 2.75) is 194 Å². The van der Waals surface area contributed by atoms with Gasteiger partial charge in [0.25, 0.3) is 0 Å². The number of unbranched alkanes of at least 4 members (excludes halogenated alkanes) is 26. The zero-order valence-corrected chi connectivity index (χ0v) is 47.2. The zero-order chi connectivity index (χ0) is 55.3. The molecule has 0 aliphatic carbocycles. The SMILES string of the molecule is CCCCCCCCCCCCCCCCOc1ccc(OC(=O)c2ccc(C(=O)Oc3cc(OC)cc(OC(=O)c4ccc(C(=O)Oc5ccc(OCCCCCCCCCCCCCCCC)cc5)cc4)c3)cc2)cc1. The Hall–Kier alpha value is -6.62. The fourth-order valence-corrected chi connectivity index (χ4v) is 9.11. The van der Waals surface area contributed by atoms with Crippen molar-refractivity contribution >= 4 is 23.9 Å². The quantitative estimate of drug-likeness (QED) is 0.0210. The Kier molecular flexibility index (Phi) is 30.3. The third kappa shape index (κ3) is 25.2. The summed E-state index contributed by atoms with van der Waals surface area (Å²) in [6.07, 6.45) is 36.6. The molecular formula is C67H88O11. The molecule has 0 aliphatic rings. The van der Waals surface area contributed by atoms with Crippen LogP contribution >= 0.6 is 0 Å². The third-order valence-corrected chi connectivity index (χ3v) is 13.8. The van der Waals surface area contributed by atoms with Gasteiger partial charge in [-0.15, -0.1) is 0 Å². The van der Waals surface area contributed by atoms with Gasteiger partial charge < -0.3 is 33.2 Å². The average molecular weight is 1070 g/mol. The summed E-state index contributed by atoms with van der Waals surface area (Å²) < 4.78 is 39.6. The molecule has 0 N–H and O–H groups in total. The second kappa shape index (κ2) is 38.0. The van der Waals surface area contributed by atoms with Gasteiger partial charge in [-0.1, -0.05) is 181 Å². The summed E-state index contributed by atoms with van der Waals surface area (Å²) in [6, 6.07) is 30.0. The maximum atomic E-state index is 13.2. The van der Waals surface area contributed by atoms with Gasteiger partial charge in [-0.25, -0.2) is 19.2 Å². The Morgan fingerprint density at radius 3 is 0.744 bits per heavy atom. The van der Waals surface area contributed by atoms with Crippen LogP contribution in [0.25, 0.3) is 0 Å². The topological polar surface area (TPSA) is 133 Å². The Morgan fingerprint density at radius 1 is 0.269 bits per heavy atom. The molecule has 0 saturated heterocycles. The number of benzene rings is 5. The first-order valence-electron chi connectivity index (χ1n) is 29.5. The van der Waals surface area contributed by atoms with Gasteiger partial charge in [0.15, 0.2) is 0 Å². The highest BCUT2D eigenvalue weighted by atomic mass is 16.6. The molecular weight excluding hydrogens is 981 g/mol. The number of ether oxygens (including phenoxy) is 7. The van der Waals surface area contributed by atoms with Crippen LogP contribution < -0.4 is 33.2 Å². The van der Waals surface area contributed by atoms with E-state index in [2.05, 4.69) is 13.8 Å².